The lowest BCUT2D eigenvalue weighted by atomic mass is 10.0. The molecule has 1 aliphatic rings. The van der Waals surface area contributed by atoms with Crippen LogP contribution in [0.15, 0.2) is 48.7 Å². The number of rotatable bonds is 5. The van der Waals surface area contributed by atoms with Crippen LogP contribution in [0.2, 0.25) is 0 Å². The van der Waals surface area contributed by atoms with Crippen LogP contribution >= 0.6 is 0 Å². The molecule has 0 aliphatic carbocycles. The van der Waals surface area contributed by atoms with E-state index in [0.29, 0.717) is 30.4 Å². The minimum atomic E-state index is -4.73. The summed E-state index contributed by atoms with van der Waals surface area (Å²) in [7, 11) is 1.33. The molecule has 2 heterocycles. The Morgan fingerprint density at radius 3 is 2.56 bits per heavy atom. The van der Waals surface area contributed by atoms with E-state index >= 15 is 0 Å². The van der Waals surface area contributed by atoms with E-state index in [9.17, 15) is 27.2 Å². The van der Waals surface area contributed by atoms with Gasteiger partial charge in [0.15, 0.2) is 0 Å². The van der Waals surface area contributed by atoms with Crippen LogP contribution in [-0.2, 0) is 17.4 Å². The van der Waals surface area contributed by atoms with Crippen molar-refractivity contribution < 1.29 is 27.2 Å². The van der Waals surface area contributed by atoms with Gasteiger partial charge < -0.3 is 21.3 Å². The van der Waals surface area contributed by atoms with Crippen molar-refractivity contribution in [3.8, 4) is 0 Å². The number of hydrogen-bond acceptors (Lipinski definition) is 5. The van der Waals surface area contributed by atoms with E-state index in [1.165, 1.54) is 13.1 Å². The van der Waals surface area contributed by atoms with Gasteiger partial charge in [-0.2, -0.15) is 13.2 Å². The topological polar surface area (TPSA) is 95.2 Å². The Morgan fingerprint density at radius 2 is 1.82 bits per heavy atom. The standard InChI is InChI=1S/C23H19F4N5O2/c1-28-22(34)15-9-13(24)3-5-18(15)31-19-10-20(29-11-16(19)23(25,26)27)30-14-4-6-17-12(8-14)2-7-21(33)32-17/h3-6,8-11H,2,7H2,1H3,(H,28,34)(H,32,33)(H2,29,30,31). The Morgan fingerprint density at radius 1 is 1.03 bits per heavy atom. The fraction of sp³-hybridized carbons (Fsp3) is 0.174. The van der Waals surface area contributed by atoms with Crippen molar-refractivity contribution >= 4 is 40.4 Å². The van der Waals surface area contributed by atoms with Crippen LogP contribution in [0.25, 0.3) is 0 Å². The molecule has 11 heteroatoms. The second-order valence-electron chi connectivity index (χ2n) is 7.55. The van der Waals surface area contributed by atoms with Crippen LogP contribution in [0.4, 0.5) is 46.1 Å². The summed E-state index contributed by atoms with van der Waals surface area (Å²) in [5.41, 5.74) is 0.553. The summed E-state index contributed by atoms with van der Waals surface area (Å²) < 4.78 is 54.6. The van der Waals surface area contributed by atoms with Crippen LogP contribution in [0.1, 0.15) is 27.9 Å². The molecule has 4 N–H and O–H groups in total. The Labute approximate surface area is 191 Å². The van der Waals surface area contributed by atoms with Crippen LogP contribution in [0.3, 0.4) is 0 Å². The molecule has 0 radical (unpaired) electrons. The monoisotopic (exact) mass is 473 g/mol. The molecule has 2 aromatic carbocycles. The molecule has 4 rings (SSSR count). The predicted molar refractivity (Wildman–Crippen MR) is 119 cm³/mol. The molecule has 0 unspecified atom stereocenters. The number of nitrogens with one attached hydrogen (secondary N) is 4. The molecule has 176 valence electrons. The second kappa shape index (κ2) is 9.00. The number of aromatic nitrogens is 1. The zero-order valence-corrected chi connectivity index (χ0v) is 17.8. The van der Waals surface area contributed by atoms with Crippen molar-refractivity contribution in [1.29, 1.82) is 0 Å². The molecular formula is C23H19F4N5O2. The number of nitrogens with zero attached hydrogens (tertiary/aromatic N) is 1. The van der Waals surface area contributed by atoms with E-state index in [2.05, 4.69) is 26.3 Å². The lowest BCUT2D eigenvalue weighted by Crippen LogP contribution is -2.20. The highest BCUT2D eigenvalue weighted by Gasteiger charge is 2.34. The number of amides is 2. The average Bonchev–Trinajstić information content (AvgIpc) is 2.79. The highest BCUT2D eigenvalue weighted by Crippen LogP contribution is 2.38. The molecule has 1 aromatic heterocycles. The number of benzene rings is 2. The number of halogens is 4. The van der Waals surface area contributed by atoms with Crippen LogP contribution in [-0.4, -0.2) is 23.8 Å². The summed E-state index contributed by atoms with van der Waals surface area (Å²) in [6.07, 6.45) is -3.18. The van der Waals surface area contributed by atoms with Crippen molar-refractivity contribution in [2.75, 3.05) is 23.0 Å². The van der Waals surface area contributed by atoms with Crippen molar-refractivity contribution in [1.82, 2.24) is 10.3 Å². The van der Waals surface area contributed by atoms with Crippen LogP contribution in [0, 0.1) is 5.82 Å². The fourth-order valence-corrected chi connectivity index (χ4v) is 3.56. The first kappa shape index (κ1) is 23.0. The molecule has 0 fully saturated rings. The first-order valence-corrected chi connectivity index (χ1v) is 10.2. The lowest BCUT2D eigenvalue weighted by Gasteiger charge is -2.19. The van der Waals surface area contributed by atoms with E-state index in [1.807, 2.05) is 0 Å². The molecule has 0 atom stereocenters. The molecule has 7 nitrogen and oxygen atoms in total. The Balaban J connectivity index is 1.68. The van der Waals surface area contributed by atoms with Gasteiger partial charge in [0.2, 0.25) is 5.91 Å². The number of carbonyl (C=O) groups is 2. The third-order valence-corrected chi connectivity index (χ3v) is 5.21. The van der Waals surface area contributed by atoms with E-state index in [0.717, 1.165) is 23.8 Å². The van der Waals surface area contributed by atoms with Gasteiger partial charge in [-0.25, -0.2) is 9.37 Å². The molecule has 3 aromatic rings. The maximum atomic E-state index is 13.7. The van der Waals surface area contributed by atoms with Gasteiger partial charge in [0.25, 0.3) is 5.91 Å². The van der Waals surface area contributed by atoms with E-state index in [1.54, 1.807) is 18.2 Å². The number of pyridine rings is 1. The molecule has 0 saturated carbocycles. The summed E-state index contributed by atoms with van der Waals surface area (Å²) >= 11 is 0. The first-order valence-electron chi connectivity index (χ1n) is 10.2. The summed E-state index contributed by atoms with van der Waals surface area (Å²) in [4.78, 5) is 27.5. The third-order valence-electron chi connectivity index (χ3n) is 5.21. The van der Waals surface area contributed by atoms with Gasteiger partial charge in [0.05, 0.1) is 22.5 Å². The predicted octanol–water partition coefficient (Wildman–Crippen LogP) is 4.97. The molecule has 34 heavy (non-hydrogen) atoms. The van der Waals surface area contributed by atoms with Crippen molar-refractivity contribution in [3.63, 3.8) is 0 Å². The van der Waals surface area contributed by atoms with Gasteiger partial charge in [0.1, 0.15) is 11.6 Å². The molecule has 0 spiro atoms. The van der Waals surface area contributed by atoms with Gasteiger partial charge in [-0.05, 0) is 48.4 Å². The van der Waals surface area contributed by atoms with Gasteiger partial charge in [-0.3, -0.25) is 9.59 Å². The van der Waals surface area contributed by atoms with Gasteiger partial charge in [-0.1, -0.05) is 0 Å². The minimum Gasteiger partial charge on any atom is -0.355 e. The number of aryl methyl sites for hydroxylation is 1. The van der Waals surface area contributed by atoms with E-state index in [4.69, 9.17) is 0 Å². The molecule has 0 saturated heterocycles. The number of carbonyl (C=O) groups excluding carboxylic acids is 2. The van der Waals surface area contributed by atoms with Crippen LogP contribution in [0.5, 0.6) is 0 Å². The summed E-state index contributed by atoms with van der Waals surface area (Å²) in [6, 6.07) is 9.46. The quantitative estimate of drug-likeness (QED) is 0.393. The lowest BCUT2D eigenvalue weighted by molar-refractivity contribution is -0.137. The summed E-state index contributed by atoms with van der Waals surface area (Å²) in [5.74, 6) is -1.34. The Kier molecular flexibility index (Phi) is 6.10. The molecule has 0 bridgehead atoms. The number of fused-ring (bicyclic) bond motifs is 1. The molecule has 2 amide bonds. The van der Waals surface area contributed by atoms with Crippen molar-refractivity contribution in [2.24, 2.45) is 0 Å². The number of anilines is 5. The van der Waals surface area contributed by atoms with Gasteiger partial charge in [0, 0.05) is 37.1 Å². The largest absolute Gasteiger partial charge is 0.419 e. The highest BCUT2D eigenvalue weighted by molar-refractivity contribution is 6.00. The summed E-state index contributed by atoms with van der Waals surface area (Å²) in [6.45, 7) is 0. The van der Waals surface area contributed by atoms with Crippen LogP contribution < -0.4 is 21.3 Å². The second-order valence-corrected chi connectivity index (χ2v) is 7.55. The zero-order valence-electron chi connectivity index (χ0n) is 17.8. The minimum absolute atomic E-state index is 0.00655. The first-order chi connectivity index (χ1) is 16.1. The van der Waals surface area contributed by atoms with E-state index < -0.39 is 23.5 Å². The van der Waals surface area contributed by atoms with E-state index in [-0.39, 0.29) is 28.7 Å². The number of alkyl halides is 3. The average molecular weight is 473 g/mol. The van der Waals surface area contributed by atoms with Gasteiger partial charge >= 0.3 is 6.18 Å². The normalized spacial score (nSPS) is 13.0. The molecular weight excluding hydrogens is 454 g/mol. The van der Waals surface area contributed by atoms with Crippen molar-refractivity contribution in [3.05, 3.63) is 71.2 Å². The maximum absolute atomic E-state index is 13.7. The smallest absolute Gasteiger partial charge is 0.355 e. The third kappa shape index (κ3) is 4.92. The Bertz CT molecular complexity index is 1280. The fourth-order valence-electron chi connectivity index (χ4n) is 3.56. The maximum Gasteiger partial charge on any atom is 0.419 e. The summed E-state index contributed by atoms with van der Waals surface area (Å²) in [5, 5.41) is 10.6. The van der Waals surface area contributed by atoms with Gasteiger partial charge in [-0.15, -0.1) is 0 Å². The SMILES string of the molecule is CNC(=O)c1cc(F)ccc1Nc1cc(Nc2ccc3c(c2)CCC(=O)N3)ncc1C(F)(F)F. The molecule has 1 aliphatic heterocycles. The highest BCUT2D eigenvalue weighted by atomic mass is 19.4. The number of hydrogen-bond donors (Lipinski definition) is 4. The Hall–Kier alpha value is -4.15. The van der Waals surface area contributed by atoms with Crippen molar-refractivity contribution in [2.45, 2.75) is 19.0 Å². The zero-order chi connectivity index (χ0) is 24.5.